The maximum absolute atomic E-state index is 4.67. The summed E-state index contributed by atoms with van der Waals surface area (Å²) < 4.78 is 2.23. The van der Waals surface area contributed by atoms with Crippen LogP contribution >= 0.6 is 0 Å². The Morgan fingerprint density at radius 1 is 1.12 bits per heavy atom. The third kappa shape index (κ3) is 3.55. The molecular formula is C20H34N4. The van der Waals surface area contributed by atoms with E-state index in [2.05, 4.69) is 40.3 Å². The van der Waals surface area contributed by atoms with Gasteiger partial charge in [0.05, 0.1) is 5.69 Å². The predicted molar refractivity (Wildman–Crippen MR) is 98.2 cm³/mol. The summed E-state index contributed by atoms with van der Waals surface area (Å²) in [6.07, 6.45) is 11.2. The van der Waals surface area contributed by atoms with Gasteiger partial charge in [-0.25, -0.2) is 0 Å². The molecule has 1 aliphatic heterocycles. The summed E-state index contributed by atoms with van der Waals surface area (Å²) in [6.45, 7) is 9.04. The molecule has 2 aliphatic carbocycles. The summed E-state index contributed by atoms with van der Waals surface area (Å²) in [6, 6.07) is 2.95. The normalized spacial score (nSPS) is 25.9. The first-order valence-corrected chi connectivity index (χ1v) is 10.0. The zero-order chi connectivity index (χ0) is 16.6. The number of rotatable bonds is 5. The van der Waals surface area contributed by atoms with Crippen LogP contribution in [0.1, 0.15) is 62.8 Å². The zero-order valence-electron chi connectivity index (χ0n) is 15.5. The van der Waals surface area contributed by atoms with Gasteiger partial charge in [0.2, 0.25) is 0 Å². The van der Waals surface area contributed by atoms with Gasteiger partial charge in [-0.3, -0.25) is 4.68 Å². The molecule has 134 valence electrons. The van der Waals surface area contributed by atoms with E-state index in [1.807, 2.05) is 0 Å². The van der Waals surface area contributed by atoms with Crippen molar-refractivity contribution in [3.8, 4) is 0 Å². The predicted octanol–water partition coefficient (Wildman–Crippen LogP) is 3.18. The summed E-state index contributed by atoms with van der Waals surface area (Å²) in [4.78, 5) is 0. The third-order valence-electron chi connectivity index (χ3n) is 7.02. The molecule has 2 heterocycles. The SMILES string of the molecule is Cc1cc(C)n(CC2(CNC3CCC4(CCNCC4)CC3)CC2)n1. The summed E-state index contributed by atoms with van der Waals surface area (Å²) in [5, 5.41) is 12.1. The average molecular weight is 331 g/mol. The lowest BCUT2D eigenvalue weighted by atomic mass is 9.67. The van der Waals surface area contributed by atoms with Crippen molar-refractivity contribution in [1.82, 2.24) is 20.4 Å². The fourth-order valence-corrected chi connectivity index (χ4v) is 4.97. The van der Waals surface area contributed by atoms with Crippen LogP contribution in [0.4, 0.5) is 0 Å². The number of hydrogen-bond acceptors (Lipinski definition) is 3. The first-order valence-electron chi connectivity index (χ1n) is 10.0. The molecule has 4 rings (SSSR count). The molecular weight excluding hydrogens is 296 g/mol. The van der Waals surface area contributed by atoms with Crippen molar-refractivity contribution in [1.29, 1.82) is 0 Å². The molecule has 1 spiro atoms. The van der Waals surface area contributed by atoms with E-state index in [4.69, 9.17) is 0 Å². The van der Waals surface area contributed by atoms with Crippen molar-refractivity contribution < 1.29 is 0 Å². The monoisotopic (exact) mass is 330 g/mol. The van der Waals surface area contributed by atoms with Gasteiger partial charge in [-0.1, -0.05) is 0 Å². The topological polar surface area (TPSA) is 41.9 Å². The minimum atomic E-state index is 0.479. The van der Waals surface area contributed by atoms with Crippen LogP contribution in [0.15, 0.2) is 6.07 Å². The fraction of sp³-hybridized carbons (Fsp3) is 0.850. The molecule has 1 aromatic heterocycles. The summed E-state index contributed by atoms with van der Waals surface area (Å²) in [5.74, 6) is 0. The van der Waals surface area contributed by atoms with Crippen molar-refractivity contribution in [3.63, 3.8) is 0 Å². The Bertz CT molecular complexity index is 556. The number of aryl methyl sites for hydroxylation is 2. The minimum Gasteiger partial charge on any atom is -0.317 e. The van der Waals surface area contributed by atoms with E-state index in [1.165, 1.54) is 76.7 Å². The maximum Gasteiger partial charge on any atom is 0.0596 e. The Morgan fingerprint density at radius 2 is 1.83 bits per heavy atom. The smallest absolute Gasteiger partial charge is 0.0596 e. The number of piperidine rings is 1. The highest BCUT2D eigenvalue weighted by atomic mass is 15.3. The Morgan fingerprint density at radius 3 is 2.42 bits per heavy atom. The van der Waals surface area contributed by atoms with Crippen molar-refractivity contribution in [3.05, 3.63) is 17.5 Å². The molecule has 1 saturated heterocycles. The van der Waals surface area contributed by atoms with E-state index in [9.17, 15) is 0 Å². The standard InChI is InChI=1S/C20H34N4/c1-16-13-17(2)24(23-16)15-20(7-8-20)14-22-18-3-5-19(6-4-18)9-11-21-12-10-19/h13,18,21-22H,3-12,14-15H2,1-2H3. The lowest BCUT2D eigenvalue weighted by Crippen LogP contribution is -2.44. The first kappa shape index (κ1) is 16.6. The van der Waals surface area contributed by atoms with Crippen molar-refractivity contribution in [2.75, 3.05) is 19.6 Å². The number of hydrogen-bond donors (Lipinski definition) is 2. The largest absolute Gasteiger partial charge is 0.317 e. The molecule has 0 radical (unpaired) electrons. The van der Waals surface area contributed by atoms with E-state index >= 15 is 0 Å². The zero-order valence-corrected chi connectivity index (χ0v) is 15.5. The first-order chi connectivity index (χ1) is 11.6. The Labute approximate surface area is 146 Å². The van der Waals surface area contributed by atoms with Crippen molar-refractivity contribution in [2.45, 2.75) is 77.8 Å². The molecule has 0 bridgehead atoms. The highest BCUT2D eigenvalue weighted by molar-refractivity contribution is 5.08. The number of aromatic nitrogens is 2. The van der Waals surface area contributed by atoms with Crippen LogP contribution in [0.25, 0.3) is 0 Å². The molecule has 0 amide bonds. The highest BCUT2D eigenvalue weighted by Crippen LogP contribution is 2.47. The molecule has 4 nitrogen and oxygen atoms in total. The van der Waals surface area contributed by atoms with Crippen LogP contribution in [0.3, 0.4) is 0 Å². The second-order valence-electron chi connectivity index (χ2n) is 8.99. The molecule has 4 heteroatoms. The molecule has 2 saturated carbocycles. The van der Waals surface area contributed by atoms with Crippen LogP contribution in [-0.4, -0.2) is 35.5 Å². The van der Waals surface area contributed by atoms with Crippen LogP contribution in [0, 0.1) is 24.7 Å². The van der Waals surface area contributed by atoms with Crippen LogP contribution in [-0.2, 0) is 6.54 Å². The van der Waals surface area contributed by atoms with Gasteiger partial charge in [-0.15, -0.1) is 0 Å². The Balaban J connectivity index is 1.26. The Kier molecular flexibility index (Phi) is 4.46. The van der Waals surface area contributed by atoms with Gasteiger partial charge < -0.3 is 10.6 Å². The van der Waals surface area contributed by atoms with Gasteiger partial charge in [0.15, 0.2) is 0 Å². The maximum atomic E-state index is 4.67. The van der Waals surface area contributed by atoms with Gasteiger partial charge in [-0.2, -0.15) is 5.10 Å². The van der Waals surface area contributed by atoms with Gasteiger partial charge in [0.25, 0.3) is 0 Å². The molecule has 0 aromatic carbocycles. The average Bonchev–Trinajstić information content (AvgIpc) is 3.27. The Hall–Kier alpha value is -0.870. The van der Waals surface area contributed by atoms with E-state index in [0.29, 0.717) is 10.8 Å². The summed E-state index contributed by atoms with van der Waals surface area (Å²) in [7, 11) is 0. The van der Waals surface area contributed by atoms with Crippen LogP contribution in [0.5, 0.6) is 0 Å². The molecule has 3 aliphatic rings. The van der Waals surface area contributed by atoms with E-state index in [1.54, 1.807) is 0 Å². The van der Waals surface area contributed by atoms with E-state index in [0.717, 1.165) is 18.3 Å². The second-order valence-corrected chi connectivity index (χ2v) is 8.99. The van der Waals surface area contributed by atoms with E-state index in [-0.39, 0.29) is 0 Å². The van der Waals surface area contributed by atoms with Crippen molar-refractivity contribution in [2.24, 2.45) is 10.8 Å². The molecule has 24 heavy (non-hydrogen) atoms. The van der Waals surface area contributed by atoms with Crippen LogP contribution < -0.4 is 10.6 Å². The fourth-order valence-electron chi connectivity index (χ4n) is 4.97. The lowest BCUT2D eigenvalue weighted by molar-refractivity contribution is 0.113. The molecule has 2 N–H and O–H groups in total. The number of nitrogens with zero attached hydrogens (tertiary/aromatic N) is 2. The van der Waals surface area contributed by atoms with Crippen LogP contribution in [0.2, 0.25) is 0 Å². The molecule has 3 fully saturated rings. The van der Waals surface area contributed by atoms with Crippen molar-refractivity contribution >= 4 is 0 Å². The van der Waals surface area contributed by atoms with E-state index < -0.39 is 0 Å². The van der Waals surface area contributed by atoms with Gasteiger partial charge >= 0.3 is 0 Å². The minimum absolute atomic E-state index is 0.479. The highest BCUT2D eigenvalue weighted by Gasteiger charge is 2.44. The number of nitrogens with one attached hydrogen (secondary N) is 2. The molecule has 1 aromatic rings. The molecule has 0 unspecified atom stereocenters. The quantitative estimate of drug-likeness (QED) is 0.871. The lowest BCUT2D eigenvalue weighted by Gasteiger charge is -2.43. The molecule has 0 atom stereocenters. The van der Waals surface area contributed by atoms with Gasteiger partial charge in [0, 0.05) is 30.2 Å². The third-order valence-corrected chi connectivity index (χ3v) is 7.02. The second kappa shape index (κ2) is 6.45. The van der Waals surface area contributed by atoms with Gasteiger partial charge in [0.1, 0.15) is 0 Å². The van der Waals surface area contributed by atoms with Gasteiger partial charge in [-0.05, 0) is 89.8 Å². The summed E-state index contributed by atoms with van der Waals surface area (Å²) >= 11 is 0. The summed E-state index contributed by atoms with van der Waals surface area (Å²) in [5.41, 5.74) is 3.62.